The molecule has 0 aliphatic carbocycles. The number of carbonyl (C=O) groups is 2. The van der Waals surface area contributed by atoms with Crippen LogP contribution >= 0.6 is 11.6 Å². The van der Waals surface area contributed by atoms with Gasteiger partial charge in [-0.05, 0) is 42.3 Å². The highest BCUT2D eigenvalue weighted by Gasteiger charge is 2.19. The van der Waals surface area contributed by atoms with E-state index >= 15 is 0 Å². The molecule has 7 heteroatoms. The van der Waals surface area contributed by atoms with E-state index in [1.54, 1.807) is 31.2 Å². The minimum Gasteiger partial charge on any atom is -0.477 e. The SMILES string of the molecule is CC(=C(NC(=O)c1cccnc1Cl)C(=O)O)c1ccc(N)cc1. The Morgan fingerprint density at radius 2 is 1.87 bits per heavy atom. The van der Waals surface area contributed by atoms with E-state index < -0.39 is 11.9 Å². The number of carboxylic acid groups (broad SMARTS) is 1. The van der Waals surface area contributed by atoms with Crippen molar-refractivity contribution in [1.29, 1.82) is 0 Å². The summed E-state index contributed by atoms with van der Waals surface area (Å²) in [4.78, 5) is 27.5. The second-order valence-electron chi connectivity index (χ2n) is 4.72. The monoisotopic (exact) mass is 331 g/mol. The Morgan fingerprint density at radius 1 is 1.22 bits per heavy atom. The summed E-state index contributed by atoms with van der Waals surface area (Å²) < 4.78 is 0. The van der Waals surface area contributed by atoms with Crippen LogP contribution in [0.4, 0.5) is 5.69 Å². The summed E-state index contributed by atoms with van der Waals surface area (Å²) in [5.41, 5.74) is 7.06. The number of carbonyl (C=O) groups excluding carboxylic acids is 1. The number of amides is 1. The van der Waals surface area contributed by atoms with Gasteiger partial charge in [0.15, 0.2) is 0 Å². The summed E-state index contributed by atoms with van der Waals surface area (Å²) in [6.07, 6.45) is 1.44. The topological polar surface area (TPSA) is 105 Å². The summed E-state index contributed by atoms with van der Waals surface area (Å²) in [6, 6.07) is 9.66. The minimum atomic E-state index is -1.26. The Hall–Kier alpha value is -2.86. The third-order valence-electron chi connectivity index (χ3n) is 3.17. The predicted molar refractivity (Wildman–Crippen MR) is 87.8 cm³/mol. The fourth-order valence-corrected chi connectivity index (χ4v) is 2.13. The molecule has 0 atom stereocenters. The largest absolute Gasteiger partial charge is 0.477 e. The van der Waals surface area contributed by atoms with Crippen LogP contribution in [0.2, 0.25) is 5.15 Å². The molecular weight excluding hydrogens is 318 g/mol. The number of nitrogen functional groups attached to an aromatic ring is 1. The van der Waals surface area contributed by atoms with E-state index in [4.69, 9.17) is 17.3 Å². The summed E-state index contributed by atoms with van der Waals surface area (Å²) in [6.45, 7) is 1.60. The number of nitrogens with two attached hydrogens (primary N) is 1. The third-order valence-corrected chi connectivity index (χ3v) is 3.48. The standard InChI is InChI=1S/C16H14ClN3O3/c1-9(10-4-6-11(18)7-5-10)13(16(22)23)20-15(21)12-3-2-8-19-14(12)17/h2-8H,18H2,1H3,(H,20,21)(H,22,23). The number of hydrogen-bond donors (Lipinski definition) is 3. The lowest BCUT2D eigenvalue weighted by molar-refractivity contribution is -0.132. The molecule has 0 aliphatic rings. The van der Waals surface area contributed by atoms with Crippen molar-refractivity contribution in [2.24, 2.45) is 0 Å². The van der Waals surface area contributed by atoms with Crippen LogP contribution in [0.1, 0.15) is 22.8 Å². The van der Waals surface area contributed by atoms with Crippen molar-refractivity contribution in [3.8, 4) is 0 Å². The van der Waals surface area contributed by atoms with Crippen LogP contribution in [-0.4, -0.2) is 22.0 Å². The van der Waals surface area contributed by atoms with Gasteiger partial charge in [0.05, 0.1) is 5.56 Å². The van der Waals surface area contributed by atoms with Crippen LogP contribution in [0, 0.1) is 0 Å². The Bertz CT molecular complexity index is 785. The molecule has 2 aromatic rings. The number of nitrogens with one attached hydrogen (secondary N) is 1. The van der Waals surface area contributed by atoms with Gasteiger partial charge in [-0.1, -0.05) is 23.7 Å². The number of halogens is 1. The number of hydrogen-bond acceptors (Lipinski definition) is 4. The first kappa shape index (κ1) is 16.5. The van der Waals surface area contributed by atoms with Crippen molar-refractivity contribution < 1.29 is 14.7 Å². The third kappa shape index (κ3) is 3.87. The molecule has 0 unspecified atom stereocenters. The van der Waals surface area contributed by atoms with E-state index in [0.717, 1.165) is 0 Å². The quantitative estimate of drug-likeness (QED) is 0.453. The molecule has 2 rings (SSSR count). The average molecular weight is 332 g/mol. The minimum absolute atomic E-state index is 0.000114. The molecule has 0 saturated heterocycles. The number of allylic oxidation sites excluding steroid dienone is 1. The van der Waals surface area contributed by atoms with Crippen LogP contribution in [0.25, 0.3) is 5.57 Å². The molecule has 0 fully saturated rings. The van der Waals surface area contributed by atoms with Crippen molar-refractivity contribution in [3.63, 3.8) is 0 Å². The molecular formula is C16H14ClN3O3. The maximum absolute atomic E-state index is 12.2. The van der Waals surface area contributed by atoms with Crippen LogP contribution in [-0.2, 0) is 4.79 Å². The zero-order chi connectivity index (χ0) is 17.0. The number of aromatic nitrogens is 1. The molecule has 0 radical (unpaired) electrons. The molecule has 1 aromatic carbocycles. The van der Waals surface area contributed by atoms with Gasteiger partial charge in [-0.25, -0.2) is 9.78 Å². The highest BCUT2D eigenvalue weighted by molar-refractivity contribution is 6.32. The lowest BCUT2D eigenvalue weighted by Gasteiger charge is -2.11. The molecule has 1 aromatic heterocycles. The number of anilines is 1. The normalized spacial score (nSPS) is 11.6. The number of benzene rings is 1. The van der Waals surface area contributed by atoms with Crippen molar-refractivity contribution in [1.82, 2.24) is 10.3 Å². The number of rotatable bonds is 4. The molecule has 0 spiro atoms. The Balaban J connectivity index is 2.37. The summed E-state index contributed by atoms with van der Waals surface area (Å²) in [7, 11) is 0. The average Bonchev–Trinajstić information content (AvgIpc) is 2.52. The number of carboxylic acids is 1. The van der Waals surface area contributed by atoms with Gasteiger partial charge in [-0.2, -0.15) is 0 Å². The zero-order valence-electron chi connectivity index (χ0n) is 12.2. The van der Waals surface area contributed by atoms with Crippen LogP contribution in [0.15, 0.2) is 48.3 Å². The molecule has 0 aliphatic heterocycles. The molecule has 0 bridgehead atoms. The first-order valence-corrected chi connectivity index (χ1v) is 7.00. The lowest BCUT2D eigenvalue weighted by Crippen LogP contribution is -2.28. The second-order valence-corrected chi connectivity index (χ2v) is 5.08. The van der Waals surface area contributed by atoms with E-state index in [2.05, 4.69) is 10.3 Å². The molecule has 0 saturated carbocycles. The maximum atomic E-state index is 12.2. The van der Waals surface area contributed by atoms with Gasteiger partial charge >= 0.3 is 5.97 Å². The van der Waals surface area contributed by atoms with E-state index in [0.29, 0.717) is 16.8 Å². The number of nitrogens with zero attached hydrogens (tertiary/aromatic N) is 1. The van der Waals surface area contributed by atoms with Crippen LogP contribution in [0.5, 0.6) is 0 Å². The van der Waals surface area contributed by atoms with Crippen LogP contribution < -0.4 is 11.1 Å². The van der Waals surface area contributed by atoms with Gasteiger partial charge in [0, 0.05) is 11.9 Å². The van der Waals surface area contributed by atoms with Crippen LogP contribution in [0.3, 0.4) is 0 Å². The van der Waals surface area contributed by atoms with Crippen molar-refractivity contribution in [3.05, 3.63) is 64.6 Å². The van der Waals surface area contributed by atoms with Crippen molar-refractivity contribution in [2.75, 3.05) is 5.73 Å². The number of pyridine rings is 1. The van der Waals surface area contributed by atoms with E-state index in [1.165, 1.54) is 18.3 Å². The smallest absolute Gasteiger partial charge is 0.352 e. The lowest BCUT2D eigenvalue weighted by atomic mass is 10.0. The number of aliphatic carboxylic acids is 1. The highest BCUT2D eigenvalue weighted by Crippen LogP contribution is 2.19. The van der Waals surface area contributed by atoms with Gasteiger partial charge in [0.2, 0.25) is 0 Å². The Labute approximate surface area is 137 Å². The van der Waals surface area contributed by atoms with Gasteiger partial charge in [0.1, 0.15) is 10.9 Å². The maximum Gasteiger partial charge on any atom is 0.352 e. The first-order valence-electron chi connectivity index (χ1n) is 6.62. The zero-order valence-corrected chi connectivity index (χ0v) is 13.0. The van der Waals surface area contributed by atoms with E-state index in [1.807, 2.05) is 0 Å². The van der Waals surface area contributed by atoms with Crippen molar-refractivity contribution in [2.45, 2.75) is 6.92 Å². The second kappa shape index (κ2) is 6.93. The van der Waals surface area contributed by atoms with Gasteiger partial charge in [0.25, 0.3) is 5.91 Å². The molecule has 23 heavy (non-hydrogen) atoms. The fraction of sp³-hybridized carbons (Fsp3) is 0.0625. The highest BCUT2D eigenvalue weighted by atomic mass is 35.5. The molecule has 4 N–H and O–H groups in total. The molecule has 1 heterocycles. The van der Waals surface area contributed by atoms with E-state index in [-0.39, 0.29) is 16.4 Å². The fourth-order valence-electron chi connectivity index (χ4n) is 1.92. The van der Waals surface area contributed by atoms with Gasteiger partial charge in [-0.3, -0.25) is 4.79 Å². The summed E-state index contributed by atoms with van der Waals surface area (Å²) in [5.74, 6) is -1.90. The van der Waals surface area contributed by atoms with Crippen molar-refractivity contribution >= 4 is 34.7 Å². The predicted octanol–water partition coefficient (Wildman–Crippen LogP) is 2.56. The Kier molecular flexibility index (Phi) is 4.98. The van der Waals surface area contributed by atoms with E-state index in [9.17, 15) is 14.7 Å². The molecule has 6 nitrogen and oxygen atoms in total. The Morgan fingerprint density at radius 3 is 2.43 bits per heavy atom. The van der Waals surface area contributed by atoms with Gasteiger partial charge < -0.3 is 16.2 Å². The summed E-state index contributed by atoms with van der Waals surface area (Å²) >= 11 is 5.85. The molecule has 1 amide bonds. The first-order chi connectivity index (χ1) is 10.9. The molecule has 118 valence electrons. The summed E-state index contributed by atoms with van der Waals surface area (Å²) in [5, 5.41) is 11.8. The van der Waals surface area contributed by atoms with Gasteiger partial charge in [-0.15, -0.1) is 0 Å².